The number of aromatic nitrogens is 1. The molecule has 2 aromatic heterocycles. The van der Waals surface area contributed by atoms with E-state index in [1.165, 1.54) is 30.3 Å². The maximum Gasteiger partial charge on any atom is 0.290 e. The topological polar surface area (TPSA) is 62.7 Å². The summed E-state index contributed by atoms with van der Waals surface area (Å²) in [6.45, 7) is 13.3. The number of hydrogen-bond acceptors (Lipinski definition) is 4. The van der Waals surface area contributed by atoms with Crippen molar-refractivity contribution in [3.05, 3.63) is 65.0 Å². The molecule has 5 rings (SSSR count). The van der Waals surface area contributed by atoms with Crippen LogP contribution in [-0.2, 0) is 5.54 Å². The van der Waals surface area contributed by atoms with Crippen LogP contribution in [-0.4, -0.2) is 46.9 Å². The number of nitrogens with zero attached hydrogens (tertiary/aromatic N) is 3. The Labute approximate surface area is 194 Å². The van der Waals surface area contributed by atoms with Crippen LogP contribution >= 0.6 is 0 Å². The van der Waals surface area contributed by atoms with Gasteiger partial charge in [0.1, 0.15) is 11.3 Å². The highest BCUT2D eigenvalue weighted by Gasteiger charge is 2.65. The number of furan rings is 1. The molecule has 1 N–H and O–H groups in total. The third-order valence-electron chi connectivity index (χ3n) is 6.69. The van der Waals surface area contributed by atoms with E-state index in [0.717, 1.165) is 0 Å². The van der Waals surface area contributed by atoms with Crippen LogP contribution in [0.5, 0.6) is 0 Å². The number of nitrogens with one attached hydrogen (secondary N) is 1. The molecule has 3 aromatic rings. The standard InChI is InChI=1S/C25H23F3N4O2/c1-23(2)14-30-8-9-32(23)22(33)20-11-19-21(34-20)17(24(29-3)12-25(27,28)13-24)10-18(31-19)15-4-6-16(26)7-5-15/h4-7,10-11,30H,8-9,12-14H2,1-2H3. The number of amides is 1. The largest absolute Gasteiger partial charge is 0.449 e. The van der Waals surface area contributed by atoms with E-state index < -0.39 is 35.7 Å². The summed E-state index contributed by atoms with van der Waals surface area (Å²) in [5.41, 5.74) is -0.240. The van der Waals surface area contributed by atoms with Crippen LogP contribution in [0.1, 0.15) is 42.8 Å². The summed E-state index contributed by atoms with van der Waals surface area (Å²) in [5, 5.41) is 3.26. The summed E-state index contributed by atoms with van der Waals surface area (Å²) in [7, 11) is 0. The average molecular weight is 468 g/mol. The maximum absolute atomic E-state index is 13.9. The van der Waals surface area contributed by atoms with Gasteiger partial charge in [-0.05, 0) is 44.2 Å². The van der Waals surface area contributed by atoms with Crippen LogP contribution in [0.4, 0.5) is 13.2 Å². The highest BCUT2D eigenvalue weighted by molar-refractivity contribution is 5.97. The molecule has 2 aliphatic rings. The van der Waals surface area contributed by atoms with Gasteiger partial charge in [0.2, 0.25) is 0 Å². The maximum atomic E-state index is 13.9. The third kappa shape index (κ3) is 3.62. The Bertz CT molecular complexity index is 1320. The van der Waals surface area contributed by atoms with Gasteiger partial charge in [-0.2, -0.15) is 0 Å². The molecule has 0 atom stereocenters. The summed E-state index contributed by atoms with van der Waals surface area (Å²) < 4.78 is 47.3. The second kappa shape index (κ2) is 7.57. The van der Waals surface area contributed by atoms with E-state index >= 15 is 0 Å². The van der Waals surface area contributed by atoms with E-state index in [0.29, 0.717) is 36.4 Å². The van der Waals surface area contributed by atoms with Gasteiger partial charge >= 0.3 is 0 Å². The zero-order chi connectivity index (χ0) is 24.3. The van der Waals surface area contributed by atoms with E-state index in [4.69, 9.17) is 11.0 Å². The van der Waals surface area contributed by atoms with Crippen molar-refractivity contribution in [2.24, 2.45) is 0 Å². The number of piperazine rings is 1. The average Bonchev–Trinajstić information content (AvgIpc) is 3.20. The van der Waals surface area contributed by atoms with Gasteiger partial charge in [0.05, 0.1) is 29.6 Å². The molecule has 1 aromatic carbocycles. The molecule has 176 valence electrons. The predicted molar refractivity (Wildman–Crippen MR) is 120 cm³/mol. The van der Waals surface area contributed by atoms with Gasteiger partial charge < -0.3 is 19.5 Å². The predicted octanol–water partition coefficient (Wildman–Crippen LogP) is 5.00. The normalized spacial score (nSPS) is 20.5. The summed E-state index contributed by atoms with van der Waals surface area (Å²) in [5.74, 6) is -3.65. The van der Waals surface area contributed by atoms with Crippen molar-refractivity contribution in [2.45, 2.75) is 43.7 Å². The van der Waals surface area contributed by atoms with Crippen molar-refractivity contribution in [1.82, 2.24) is 15.2 Å². The van der Waals surface area contributed by atoms with Gasteiger partial charge in [0.25, 0.3) is 17.4 Å². The molecule has 0 unspecified atom stereocenters. The number of carbonyl (C=O) groups is 1. The Morgan fingerprint density at radius 1 is 1.21 bits per heavy atom. The molecule has 2 fully saturated rings. The first kappa shape index (κ1) is 22.4. The Hall–Kier alpha value is -3.38. The number of hydrogen-bond donors (Lipinski definition) is 1. The smallest absolute Gasteiger partial charge is 0.290 e. The second-order valence-electron chi connectivity index (χ2n) is 9.69. The minimum Gasteiger partial charge on any atom is -0.449 e. The van der Waals surface area contributed by atoms with Crippen molar-refractivity contribution >= 4 is 17.0 Å². The number of fused-ring (bicyclic) bond motifs is 1. The van der Waals surface area contributed by atoms with Crippen molar-refractivity contribution in [3.8, 4) is 11.3 Å². The first-order valence-electron chi connectivity index (χ1n) is 11.0. The van der Waals surface area contributed by atoms with Crippen LogP contribution in [0.2, 0.25) is 0 Å². The molecule has 0 radical (unpaired) electrons. The number of alkyl halides is 2. The van der Waals surface area contributed by atoms with Gasteiger partial charge in [-0.3, -0.25) is 4.79 Å². The number of carbonyl (C=O) groups excluding carboxylic acids is 1. The van der Waals surface area contributed by atoms with Gasteiger partial charge in [0.15, 0.2) is 11.3 Å². The zero-order valence-corrected chi connectivity index (χ0v) is 18.8. The monoisotopic (exact) mass is 468 g/mol. The van der Waals surface area contributed by atoms with Crippen LogP contribution in [0.3, 0.4) is 0 Å². The lowest BCUT2D eigenvalue weighted by molar-refractivity contribution is -0.112. The van der Waals surface area contributed by atoms with Gasteiger partial charge in [-0.15, -0.1) is 0 Å². The lowest BCUT2D eigenvalue weighted by atomic mass is 9.69. The van der Waals surface area contributed by atoms with Crippen molar-refractivity contribution in [3.63, 3.8) is 0 Å². The third-order valence-corrected chi connectivity index (χ3v) is 6.69. The molecule has 1 saturated heterocycles. The Morgan fingerprint density at radius 3 is 2.53 bits per heavy atom. The van der Waals surface area contributed by atoms with Crippen LogP contribution in [0, 0.1) is 12.4 Å². The summed E-state index contributed by atoms with van der Waals surface area (Å²) in [4.78, 5) is 23.2. The highest BCUT2D eigenvalue weighted by atomic mass is 19.3. The van der Waals surface area contributed by atoms with Crippen LogP contribution in [0.25, 0.3) is 27.2 Å². The number of pyridine rings is 1. The molecule has 0 spiro atoms. The first-order chi connectivity index (χ1) is 16.0. The first-order valence-corrected chi connectivity index (χ1v) is 11.0. The number of halogens is 3. The van der Waals surface area contributed by atoms with Gasteiger partial charge in [0, 0.05) is 31.3 Å². The Balaban J connectivity index is 1.66. The minimum atomic E-state index is -2.95. The molecule has 1 saturated carbocycles. The summed E-state index contributed by atoms with van der Waals surface area (Å²) in [6, 6.07) is 8.67. The van der Waals surface area contributed by atoms with Crippen molar-refractivity contribution < 1.29 is 22.4 Å². The second-order valence-corrected chi connectivity index (χ2v) is 9.69. The van der Waals surface area contributed by atoms with Gasteiger partial charge in [-0.25, -0.2) is 24.7 Å². The Kier molecular flexibility index (Phi) is 4.99. The quantitative estimate of drug-likeness (QED) is 0.550. The molecule has 1 aliphatic heterocycles. The molecular formula is C25H23F3N4O2. The van der Waals surface area contributed by atoms with E-state index in [9.17, 15) is 18.0 Å². The molecule has 34 heavy (non-hydrogen) atoms. The zero-order valence-electron chi connectivity index (χ0n) is 18.8. The fraction of sp³-hybridized carbons (Fsp3) is 0.400. The number of rotatable bonds is 3. The molecule has 1 amide bonds. The SMILES string of the molecule is [C-]#[N+]C1(c2cc(-c3ccc(F)cc3)nc3cc(C(=O)N4CCNCC4(C)C)oc23)CC(F)(F)C1. The fourth-order valence-corrected chi connectivity index (χ4v) is 4.87. The Morgan fingerprint density at radius 2 is 1.91 bits per heavy atom. The highest BCUT2D eigenvalue weighted by Crippen LogP contribution is 2.56. The van der Waals surface area contributed by atoms with E-state index in [-0.39, 0.29) is 22.8 Å². The minimum absolute atomic E-state index is 0.0428. The number of benzene rings is 1. The van der Waals surface area contributed by atoms with Gasteiger partial charge in [-0.1, -0.05) is 0 Å². The molecule has 9 heteroatoms. The fourth-order valence-electron chi connectivity index (χ4n) is 4.87. The lowest BCUT2D eigenvalue weighted by Crippen LogP contribution is -2.59. The van der Waals surface area contributed by atoms with Crippen LogP contribution < -0.4 is 5.32 Å². The molecular weight excluding hydrogens is 445 g/mol. The molecule has 6 nitrogen and oxygen atoms in total. The molecule has 0 bridgehead atoms. The lowest BCUT2D eigenvalue weighted by Gasteiger charge is -2.42. The van der Waals surface area contributed by atoms with E-state index in [1.807, 2.05) is 13.8 Å². The van der Waals surface area contributed by atoms with E-state index in [2.05, 4.69) is 15.1 Å². The van der Waals surface area contributed by atoms with Crippen LogP contribution in [0.15, 0.2) is 40.8 Å². The molecule has 3 heterocycles. The summed E-state index contributed by atoms with van der Waals surface area (Å²) >= 11 is 0. The van der Waals surface area contributed by atoms with Crippen molar-refractivity contribution in [2.75, 3.05) is 19.6 Å². The van der Waals surface area contributed by atoms with Crippen molar-refractivity contribution in [1.29, 1.82) is 0 Å². The van der Waals surface area contributed by atoms with E-state index in [1.54, 1.807) is 11.0 Å². The summed E-state index contributed by atoms with van der Waals surface area (Å²) in [6.07, 6.45) is -1.28. The molecule has 1 aliphatic carbocycles.